The summed E-state index contributed by atoms with van der Waals surface area (Å²) in [5, 5.41) is 5.67. The van der Waals surface area contributed by atoms with Gasteiger partial charge in [-0.25, -0.2) is 0 Å². The molecule has 0 heterocycles. The van der Waals surface area contributed by atoms with Crippen molar-refractivity contribution in [2.75, 3.05) is 34.4 Å². The summed E-state index contributed by atoms with van der Waals surface area (Å²) < 4.78 is 13.5. The largest absolute Gasteiger partial charge is 0 e. The van der Waals surface area contributed by atoms with Crippen molar-refractivity contribution in [3.8, 4) is 0 Å². The van der Waals surface area contributed by atoms with Crippen molar-refractivity contribution in [1.29, 1.82) is 1.19 Å². The Hall–Kier alpha value is 0.338. The van der Waals surface area contributed by atoms with Crippen LogP contribution in [-0.4, -0.2) is 1.19 Å². The minimum absolute atomic E-state index is 0. The van der Waals surface area contributed by atoms with Gasteiger partial charge in [0.05, 0.1) is 34.1 Å². The van der Waals surface area contributed by atoms with Crippen LogP contribution in [0.2, 0.25) is 0 Å². The third kappa shape index (κ3) is 6.48. The first-order valence-corrected chi connectivity index (χ1v) is 17.3. The van der Waals surface area contributed by atoms with Gasteiger partial charge in [0, 0.05) is 51.2 Å². The van der Waals surface area contributed by atoms with Crippen molar-refractivity contribution in [2.45, 2.75) is 0 Å². The average Bonchev–Trinajstić information content (AvgIpc) is 2.71. The molecule has 2 unspecified atom stereocenters. The molecule has 13 heteroatoms. The topological polar surface area (TPSA) is 156 Å². The Balaban J connectivity index is 0.00000102. The van der Waals surface area contributed by atoms with Gasteiger partial charge in [0.15, 0.2) is 0 Å². The van der Waals surface area contributed by atoms with Crippen LogP contribution in [0, 0.1) is 0 Å². The summed E-state index contributed by atoms with van der Waals surface area (Å²) in [4.78, 5) is 0. The van der Waals surface area contributed by atoms with Crippen molar-refractivity contribution in [3.05, 3.63) is 36.4 Å². The molecule has 4 aromatic carbocycles. The summed E-state index contributed by atoms with van der Waals surface area (Å²) in [6.45, 7) is 0. The van der Waals surface area contributed by atoms with E-state index in [1.807, 2.05) is 36.4 Å². The third-order valence-corrected chi connectivity index (χ3v) is 19.0. The molecule has 0 saturated heterocycles. The van der Waals surface area contributed by atoms with Gasteiger partial charge in [-0.15, -0.1) is 0 Å². The Kier molecular flexibility index (Phi) is 11.8. The van der Waals surface area contributed by atoms with Crippen LogP contribution in [0.3, 0.4) is 0 Å². The summed E-state index contributed by atoms with van der Waals surface area (Å²) in [5.74, 6) is 1.76. The fraction of sp³-hybridized carbons (Fsp3) is 0. The van der Waals surface area contributed by atoms with Gasteiger partial charge < -0.3 is 34.4 Å². The quantitative estimate of drug-likeness (QED) is 0.0330. The van der Waals surface area contributed by atoms with Gasteiger partial charge in [-0.05, 0) is 68.7 Å². The van der Waals surface area contributed by atoms with Crippen molar-refractivity contribution < 1.29 is 94.9 Å². The Morgan fingerprint density at radius 1 is 0.452 bits per heavy atom. The summed E-state index contributed by atoms with van der Waals surface area (Å²) in [6.07, 6.45) is 0. The monoisotopic (exact) mass is 831 g/mol. The Morgan fingerprint density at radius 3 is 0.742 bits per heavy atom. The van der Waals surface area contributed by atoms with Gasteiger partial charge in [0.2, 0.25) is 0 Å². The summed E-state index contributed by atoms with van der Waals surface area (Å²) in [7, 11) is 0. The first kappa shape index (κ1) is 27.6. The van der Waals surface area contributed by atoms with Crippen LogP contribution in [0.5, 0.6) is 0 Å². The molecule has 0 aromatic heterocycles. The fourth-order valence-corrected chi connectivity index (χ4v) is 3.24. The second-order valence-corrected chi connectivity index (χ2v) is 17.5. The molecule has 6 nitrogen and oxygen atoms in total. The van der Waals surface area contributed by atoms with Gasteiger partial charge in [-0.3, -0.25) is 0 Å². The molecular weight excluding hydrogens is 807 g/mol. The van der Waals surface area contributed by atoms with E-state index in [-0.39, 0.29) is 94.9 Å². The second-order valence-electron chi connectivity index (χ2n) is 6.27. The minimum Gasteiger partial charge on any atom is 0 e. The van der Waals surface area contributed by atoms with E-state index in [9.17, 15) is 0 Å². The van der Waals surface area contributed by atoms with E-state index < -0.39 is 0 Å². The Bertz CT molecular complexity index is 1000. The van der Waals surface area contributed by atoms with Crippen LogP contribution in [-0.2, 0) is 51.2 Å². The molecule has 12 N–H and O–H groups in total. The first-order chi connectivity index (χ1) is 14.3. The molecule has 3 radical (unpaired) electrons. The van der Waals surface area contributed by atoms with E-state index in [4.69, 9.17) is 35.6 Å². The van der Waals surface area contributed by atoms with E-state index in [2.05, 4.69) is 0 Å². The summed E-state index contributed by atoms with van der Waals surface area (Å²) in [5.41, 5.74) is 39.2. The molecular formula is C18H22Cu3I2N6P2-2. The van der Waals surface area contributed by atoms with Crippen molar-refractivity contribution in [1.82, 2.24) is 0 Å². The number of hydrogen-bond donors (Lipinski definition) is 6. The number of benzene rings is 4. The van der Waals surface area contributed by atoms with Gasteiger partial charge in [-0.1, -0.05) is 0 Å². The SMILES string of the molecule is Nc1cc2c3cc(N)c(N)cc3c3cc(N)c(N)cc3c2cc1N.[3H][I-]PP[I-][3H].[Cu].[Cu].[Cu]. The normalized spacial score (nSPS) is 11.7. The maximum absolute atomic E-state index is 6.77. The first-order valence-electron chi connectivity index (χ1n) is 8.83. The van der Waals surface area contributed by atoms with Crippen LogP contribution in [0.25, 0.3) is 32.3 Å². The standard InChI is InChI=1S/C18H18N6.3Cu.H4I2P2/c19-13-1-7-8(2-14(13)20)10-4-17(23)18(24)6-12(10)11-5-16(22)15(21)3-9(7)11;;;;1-3-4-2/h1-6H,19-24H2;;;;1-4H/q;;;;-2/i;;;;1T,2T. The van der Waals surface area contributed by atoms with Crippen LogP contribution in [0.4, 0.5) is 34.1 Å². The van der Waals surface area contributed by atoms with Gasteiger partial charge >= 0.3 is 56.7 Å². The Morgan fingerprint density at radius 2 is 0.613 bits per heavy atom. The molecule has 0 fully saturated rings. The maximum Gasteiger partial charge on any atom is 0 e. The molecule has 0 aliphatic carbocycles. The molecule has 0 saturated carbocycles. The molecule has 4 rings (SSSR count). The summed E-state index contributed by atoms with van der Waals surface area (Å²) >= 11 is -0.403. The molecule has 2 atom stereocenters. The second kappa shape index (κ2) is 13.3. The third-order valence-electron chi connectivity index (χ3n) is 4.58. The van der Waals surface area contributed by atoms with Crippen LogP contribution < -0.4 is 78.1 Å². The molecule has 0 amide bonds. The van der Waals surface area contributed by atoms with Gasteiger partial charge in [0.25, 0.3) is 0 Å². The zero-order chi connectivity index (χ0) is 22.0. The number of anilines is 6. The van der Waals surface area contributed by atoms with Crippen molar-refractivity contribution in [3.63, 3.8) is 0 Å². The van der Waals surface area contributed by atoms with Gasteiger partial charge in [0.1, 0.15) is 0 Å². The molecule has 0 aliphatic heterocycles. The van der Waals surface area contributed by atoms with E-state index in [0.29, 0.717) is 34.1 Å². The van der Waals surface area contributed by atoms with E-state index in [1.165, 1.54) is 0 Å². The predicted molar refractivity (Wildman–Crippen MR) is 125 cm³/mol. The number of hydrogen-bond acceptors (Lipinski definition) is 6. The van der Waals surface area contributed by atoms with E-state index in [0.717, 1.165) is 44.1 Å². The number of nitrogens with two attached hydrogens (primary N) is 6. The zero-order valence-corrected chi connectivity index (χ0v) is 24.7. The predicted octanol–water partition coefficient (Wildman–Crippen LogP) is -2.71. The molecule has 4 aromatic rings. The Labute approximate surface area is 242 Å². The molecule has 0 bridgehead atoms. The van der Waals surface area contributed by atoms with Crippen LogP contribution >= 0.6 is 11.8 Å². The number of rotatable bonds is 3. The van der Waals surface area contributed by atoms with E-state index >= 15 is 0 Å². The summed E-state index contributed by atoms with van der Waals surface area (Å²) in [6, 6.07) is 11.1. The number of fused-ring (bicyclic) bond motifs is 6. The maximum atomic E-state index is 6.77. The number of nitrogen functional groups attached to an aromatic ring is 6. The van der Waals surface area contributed by atoms with Crippen molar-refractivity contribution >= 4 is 78.3 Å². The zero-order valence-electron chi connectivity index (χ0n) is 17.6. The van der Waals surface area contributed by atoms with Crippen LogP contribution in [0.15, 0.2) is 36.4 Å². The molecule has 183 valence electrons. The smallest absolute Gasteiger partial charge is 0 e. The van der Waals surface area contributed by atoms with Crippen LogP contribution in [0.1, 0.15) is 0 Å². The number of halogens is 2. The minimum atomic E-state index is -0.201. The molecule has 0 aliphatic rings. The molecule has 31 heavy (non-hydrogen) atoms. The van der Waals surface area contributed by atoms with E-state index in [1.54, 1.807) is 0 Å². The molecule has 0 spiro atoms. The fourth-order valence-electron chi connectivity index (χ4n) is 3.24. The van der Waals surface area contributed by atoms with Gasteiger partial charge in [-0.2, -0.15) is 0 Å². The average molecular weight is 833 g/mol. The van der Waals surface area contributed by atoms with Crippen molar-refractivity contribution in [2.24, 2.45) is 0 Å².